The van der Waals surface area contributed by atoms with Crippen molar-refractivity contribution in [3.8, 4) is 0 Å². The van der Waals surface area contributed by atoms with Gasteiger partial charge in [0.2, 0.25) is 5.91 Å². The number of thiol groups is 1. The van der Waals surface area contributed by atoms with Gasteiger partial charge in [0.15, 0.2) is 0 Å². The molecule has 0 spiro atoms. The molecule has 0 aromatic heterocycles. The molecule has 0 unspecified atom stereocenters. The topological polar surface area (TPSA) is 129 Å². The molecule has 0 aromatic carbocycles. The van der Waals surface area contributed by atoms with Gasteiger partial charge in [-0.25, -0.2) is 9.59 Å². The van der Waals surface area contributed by atoms with Crippen LogP contribution in [0.1, 0.15) is 19.3 Å². The maximum absolute atomic E-state index is 13.1. The first-order valence-corrected chi connectivity index (χ1v) is 11.8. The SMILES string of the molecule is C=CCOC(=O)NCCC[C@H](O)C(=O)N1CCN(C(=O)[C@@H]2C[C@H](S)CN2C(=O)OCC=C)CC1. The molecule has 0 aliphatic carbocycles. The van der Waals surface area contributed by atoms with Crippen molar-refractivity contribution in [1.82, 2.24) is 20.0 Å². The minimum Gasteiger partial charge on any atom is -0.445 e. The van der Waals surface area contributed by atoms with Crippen molar-refractivity contribution in [2.45, 2.75) is 36.7 Å². The van der Waals surface area contributed by atoms with Crippen LogP contribution in [0.4, 0.5) is 9.59 Å². The number of aliphatic hydroxyl groups excluding tert-OH is 1. The second kappa shape index (κ2) is 13.9. The summed E-state index contributed by atoms with van der Waals surface area (Å²) in [7, 11) is 0. The number of nitrogens with one attached hydrogen (secondary N) is 1. The number of hydrogen-bond donors (Lipinski definition) is 3. The van der Waals surface area contributed by atoms with Gasteiger partial charge in [-0.2, -0.15) is 12.6 Å². The summed E-state index contributed by atoms with van der Waals surface area (Å²) >= 11 is 4.42. The number of likely N-dealkylation sites (tertiary alicyclic amines) is 1. The van der Waals surface area contributed by atoms with Gasteiger partial charge in [-0.15, -0.1) is 0 Å². The molecular formula is C22H34N4O7S. The molecule has 0 saturated carbocycles. The molecule has 12 heteroatoms. The van der Waals surface area contributed by atoms with Gasteiger partial charge >= 0.3 is 12.2 Å². The molecule has 2 aliphatic heterocycles. The second-order valence-electron chi connectivity index (χ2n) is 8.05. The van der Waals surface area contributed by atoms with E-state index < -0.39 is 30.2 Å². The Kier molecular flexibility index (Phi) is 11.2. The molecule has 2 heterocycles. The third-order valence-electron chi connectivity index (χ3n) is 5.57. The molecule has 4 amide bonds. The van der Waals surface area contributed by atoms with Crippen molar-refractivity contribution in [1.29, 1.82) is 0 Å². The van der Waals surface area contributed by atoms with Crippen LogP contribution in [0, 0.1) is 0 Å². The van der Waals surface area contributed by atoms with E-state index in [4.69, 9.17) is 9.47 Å². The molecule has 2 aliphatic rings. The molecule has 34 heavy (non-hydrogen) atoms. The Morgan fingerprint density at radius 2 is 1.68 bits per heavy atom. The van der Waals surface area contributed by atoms with Gasteiger partial charge in [-0.3, -0.25) is 14.5 Å². The number of nitrogens with zero attached hydrogens (tertiary/aromatic N) is 3. The first-order chi connectivity index (χ1) is 16.3. The molecule has 2 N–H and O–H groups in total. The smallest absolute Gasteiger partial charge is 0.410 e. The average molecular weight is 499 g/mol. The van der Waals surface area contributed by atoms with Crippen molar-refractivity contribution in [3.05, 3.63) is 25.3 Å². The van der Waals surface area contributed by atoms with Crippen molar-refractivity contribution >= 4 is 36.6 Å². The summed E-state index contributed by atoms with van der Waals surface area (Å²) in [6, 6.07) is -0.654. The van der Waals surface area contributed by atoms with Crippen LogP contribution in [0.25, 0.3) is 0 Å². The fraction of sp³-hybridized carbons (Fsp3) is 0.636. The maximum atomic E-state index is 13.1. The highest BCUT2D eigenvalue weighted by atomic mass is 32.1. The van der Waals surface area contributed by atoms with Gasteiger partial charge in [0.05, 0.1) is 0 Å². The van der Waals surface area contributed by atoms with Crippen LogP contribution in [0.5, 0.6) is 0 Å². The van der Waals surface area contributed by atoms with Gasteiger partial charge in [0.25, 0.3) is 5.91 Å². The highest BCUT2D eigenvalue weighted by Gasteiger charge is 2.42. The summed E-state index contributed by atoms with van der Waals surface area (Å²) in [5.41, 5.74) is 0. The molecular weight excluding hydrogens is 464 g/mol. The van der Waals surface area contributed by atoms with Gasteiger partial charge < -0.3 is 29.7 Å². The highest BCUT2D eigenvalue weighted by molar-refractivity contribution is 7.81. The zero-order valence-electron chi connectivity index (χ0n) is 19.3. The number of alkyl carbamates (subject to hydrolysis) is 1. The summed E-state index contributed by atoms with van der Waals surface area (Å²) in [6.07, 6.45) is 1.58. The minimum absolute atomic E-state index is 0.0616. The van der Waals surface area contributed by atoms with E-state index in [1.165, 1.54) is 22.0 Å². The van der Waals surface area contributed by atoms with Crippen molar-refractivity contribution < 1.29 is 33.8 Å². The lowest BCUT2D eigenvalue weighted by molar-refractivity contribution is -0.147. The highest BCUT2D eigenvalue weighted by Crippen LogP contribution is 2.25. The van der Waals surface area contributed by atoms with E-state index in [1.54, 1.807) is 4.90 Å². The lowest BCUT2D eigenvalue weighted by atomic mass is 10.1. The Hall–Kier alpha value is -2.73. The second-order valence-corrected chi connectivity index (χ2v) is 8.78. The fourth-order valence-electron chi connectivity index (χ4n) is 3.83. The summed E-state index contributed by atoms with van der Waals surface area (Å²) in [5.74, 6) is -0.610. The van der Waals surface area contributed by atoms with Crippen LogP contribution in [0.15, 0.2) is 25.3 Å². The minimum atomic E-state index is -1.19. The molecule has 2 fully saturated rings. The quantitative estimate of drug-likeness (QED) is 0.226. The lowest BCUT2D eigenvalue weighted by Gasteiger charge is -2.37. The number of amides is 4. The molecule has 2 rings (SSSR count). The van der Waals surface area contributed by atoms with E-state index in [9.17, 15) is 24.3 Å². The Balaban J connectivity index is 1.77. The summed E-state index contributed by atoms with van der Waals surface area (Å²) < 4.78 is 9.86. The van der Waals surface area contributed by atoms with Crippen LogP contribution >= 0.6 is 12.6 Å². The van der Waals surface area contributed by atoms with Crippen LogP contribution in [0.3, 0.4) is 0 Å². The third-order valence-corrected chi connectivity index (χ3v) is 5.94. The summed E-state index contributed by atoms with van der Waals surface area (Å²) in [5, 5.41) is 12.6. The van der Waals surface area contributed by atoms with Gasteiger partial charge in [-0.05, 0) is 19.3 Å². The van der Waals surface area contributed by atoms with E-state index in [0.717, 1.165) is 0 Å². The van der Waals surface area contributed by atoms with Crippen molar-refractivity contribution in [3.63, 3.8) is 0 Å². The number of carbonyl (C=O) groups is 4. The zero-order chi connectivity index (χ0) is 25.1. The third kappa shape index (κ3) is 7.94. The zero-order valence-corrected chi connectivity index (χ0v) is 20.2. The Labute approximate surface area is 205 Å². The number of piperazine rings is 1. The maximum Gasteiger partial charge on any atom is 0.410 e. The number of ether oxygens (including phenoxy) is 2. The molecule has 2 saturated heterocycles. The van der Waals surface area contributed by atoms with Crippen LogP contribution in [-0.4, -0.2) is 114 Å². The molecule has 0 bridgehead atoms. The average Bonchev–Trinajstić information content (AvgIpc) is 3.24. The Morgan fingerprint density at radius 1 is 1.06 bits per heavy atom. The molecule has 3 atom stereocenters. The predicted molar refractivity (Wildman–Crippen MR) is 127 cm³/mol. The monoisotopic (exact) mass is 498 g/mol. The first kappa shape index (κ1) is 27.5. The summed E-state index contributed by atoms with van der Waals surface area (Å²) in [4.78, 5) is 53.8. The van der Waals surface area contributed by atoms with Gasteiger partial charge in [0.1, 0.15) is 25.4 Å². The van der Waals surface area contributed by atoms with Crippen molar-refractivity contribution in [2.24, 2.45) is 0 Å². The standard InChI is InChI=1S/C22H34N4O7S/c1-3-12-32-21(30)23-7-5-6-18(27)20(29)25-10-8-24(9-11-25)19(28)17-14-16(34)15-26(17)22(31)33-13-4-2/h3-4,16-18,27,34H,1-2,5-15H2,(H,23,30)/t16-,17-,18-/m0/s1. The molecule has 190 valence electrons. The first-order valence-electron chi connectivity index (χ1n) is 11.3. The van der Waals surface area contributed by atoms with Crippen LogP contribution in [-0.2, 0) is 19.1 Å². The van der Waals surface area contributed by atoms with Gasteiger partial charge in [0, 0.05) is 44.5 Å². The number of aliphatic hydroxyl groups is 1. The largest absolute Gasteiger partial charge is 0.445 e. The predicted octanol–water partition coefficient (Wildman–Crippen LogP) is 0.406. The molecule has 11 nitrogen and oxygen atoms in total. The lowest BCUT2D eigenvalue weighted by Crippen LogP contribution is -2.56. The number of carbonyl (C=O) groups excluding carboxylic acids is 4. The van der Waals surface area contributed by atoms with E-state index >= 15 is 0 Å². The molecule has 0 aromatic rings. The van der Waals surface area contributed by atoms with E-state index in [-0.39, 0.29) is 50.4 Å². The number of hydrogen-bond acceptors (Lipinski definition) is 8. The van der Waals surface area contributed by atoms with E-state index in [1.807, 2.05) is 0 Å². The van der Waals surface area contributed by atoms with E-state index in [0.29, 0.717) is 32.5 Å². The van der Waals surface area contributed by atoms with Crippen molar-refractivity contribution in [2.75, 3.05) is 52.5 Å². The Bertz CT molecular complexity index is 758. The number of rotatable bonds is 10. The Morgan fingerprint density at radius 3 is 2.32 bits per heavy atom. The fourth-order valence-corrected chi connectivity index (χ4v) is 4.20. The summed E-state index contributed by atoms with van der Waals surface area (Å²) in [6.45, 7) is 8.88. The normalized spacial score (nSPS) is 20.9. The van der Waals surface area contributed by atoms with Gasteiger partial charge in [-0.1, -0.05) is 25.3 Å². The van der Waals surface area contributed by atoms with E-state index in [2.05, 4.69) is 31.1 Å². The van der Waals surface area contributed by atoms with Crippen LogP contribution < -0.4 is 5.32 Å². The van der Waals surface area contributed by atoms with Crippen LogP contribution in [0.2, 0.25) is 0 Å². The molecule has 0 radical (unpaired) electrons.